The molecule has 1 amide bonds. The molecule has 3 aromatic rings. The highest BCUT2D eigenvalue weighted by molar-refractivity contribution is 6.29. The quantitative estimate of drug-likeness (QED) is 0.766. The molecule has 1 aliphatic heterocycles. The molecule has 0 saturated carbocycles. The number of carbonyl (C=O) groups is 1. The van der Waals surface area contributed by atoms with Crippen LogP contribution in [0.2, 0.25) is 5.15 Å². The number of amides is 1. The number of nitrogens with one attached hydrogen (secondary N) is 1. The topological polar surface area (TPSA) is 72.7 Å². The largest absolute Gasteiger partial charge is 0.310 e. The second-order valence-corrected chi connectivity index (χ2v) is 6.52. The predicted octanol–water partition coefficient (Wildman–Crippen LogP) is 3.41. The summed E-state index contributed by atoms with van der Waals surface area (Å²) in [6.45, 7) is 4.01. The van der Waals surface area contributed by atoms with E-state index in [9.17, 15) is 4.79 Å². The summed E-state index contributed by atoms with van der Waals surface area (Å²) < 4.78 is 1.62. The Morgan fingerprint density at radius 2 is 1.96 bits per heavy atom. The first-order chi connectivity index (χ1) is 12.0. The summed E-state index contributed by atoms with van der Waals surface area (Å²) in [4.78, 5) is 12.4. The SMILES string of the molecule is Cc1ccccc1C1CC(=O)Nc2c1c(C)nn2-c1ccc(Cl)nn1. The summed E-state index contributed by atoms with van der Waals surface area (Å²) in [7, 11) is 0. The van der Waals surface area contributed by atoms with E-state index in [-0.39, 0.29) is 11.8 Å². The molecule has 25 heavy (non-hydrogen) atoms. The van der Waals surface area contributed by atoms with E-state index in [4.69, 9.17) is 11.6 Å². The van der Waals surface area contributed by atoms with E-state index >= 15 is 0 Å². The summed E-state index contributed by atoms with van der Waals surface area (Å²) in [5.74, 6) is 1.10. The minimum Gasteiger partial charge on any atom is -0.310 e. The first-order valence-corrected chi connectivity index (χ1v) is 8.37. The number of nitrogens with zero attached hydrogens (tertiary/aromatic N) is 4. The molecule has 1 atom stereocenters. The van der Waals surface area contributed by atoms with Crippen molar-refractivity contribution in [2.24, 2.45) is 0 Å². The minimum atomic E-state index is -0.0381. The molecule has 3 heterocycles. The lowest BCUT2D eigenvalue weighted by atomic mass is 9.84. The third-order valence-electron chi connectivity index (χ3n) is 4.50. The van der Waals surface area contributed by atoms with Gasteiger partial charge in [0.15, 0.2) is 11.0 Å². The van der Waals surface area contributed by atoms with Crippen molar-refractivity contribution < 1.29 is 4.79 Å². The lowest BCUT2D eigenvalue weighted by Gasteiger charge is -2.25. The Labute approximate surface area is 149 Å². The summed E-state index contributed by atoms with van der Waals surface area (Å²) in [6.07, 6.45) is 0.399. The van der Waals surface area contributed by atoms with Crippen LogP contribution in [0.4, 0.5) is 5.82 Å². The molecule has 1 aromatic carbocycles. The van der Waals surface area contributed by atoms with Crippen LogP contribution in [-0.4, -0.2) is 25.9 Å². The molecule has 0 saturated heterocycles. The Bertz CT molecular complexity index is 964. The van der Waals surface area contributed by atoms with Crippen molar-refractivity contribution in [2.45, 2.75) is 26.2 Å². The highest BCUT2D eigenvalue weighted by Gasteiger charge is 2.33. The predicted molar refractivity (Wildman–Crippen MR) is 95.2 cm³/mol. The molecule has 0 spiro atoms. The highest BCUT2D eigenvalue weighted by Crippen LogP contribution is 2.40. The molecule has 4 rings (SSSR count). The van der Waals surface area contributed by atoms with E-state index in [1.807, 2.05) is 19.1 Å². The van der Waals surface area contributed by atoms with Gasteiger partial charge in [0, 0.05) is 17.9 Å². The average Bonchev–Trinajstić information content (AvgIpc) is 2.92. The Balaban J connectivity index is 1.89. The molecule has 0 aliphatic carbocycles. The van der Waals surface area contributed by atoms with E-state index in [1.54, 1.807) is 16.8 Å². The van der Waals surface area contributed by atoms with Gasteiger partial charge in [-0.3, -0.25) is 4.79 Å². The number of hydrogen-bond donors (Lipinski definition) is 1. The monoisotopic (exact) mass is 353 g/mol. The van der Waals surface area contributed by atoms with Crippen molar-refractivity contribution in [3.8, 4) is 5.82 Å². The van der Waals surface area contributed by atoms with Gasteiger partial charge in [-0.1, -0.05) is 35.9 Å². The minimum absolute atomic E-state index is 0.0287. The smallest absolute Gasteiger partial charge is 0.226 e. The van der Waals surface area contributed by atoms with E-state index in [0.717, 1.165) is 22.4 Å². The van der Waals surface area contributed by atoms with Crippen molar-refractivity contribution in [3.63, 3.8) is 0 Å². The Hall–Kier alpha value is -2.73. The second kappa shape index (κ2) is 5.97. The summed E-state index contributed by atoms with van der Waals surface area (Å²) in [5.41, 5.74) is 4.18. The van der Waals surface area contributed by atoms with Crippen LogP contribution >= 0.6 is 11.6 Å². The van der Waals surface area contributed by atoms with E-state index in [1.165, 1.54) is 0 Å². The normalized spacial score (nSPS) is 16.4. The number of carbonyl (C=O) groups excluding carboxylic acids is 1. The fourth-order valence-corrected chi connectivity index (χ4v) is 3.48. The van der Waals surface area contributed by atoms with Crippen LogP contribution in [0.3, 0.4) is 0 Å². The molecule has 0 bridgehead atoms. The van der Waals surface area contributed by atoms with Crippen molar-refractivity contribution in [2.75, 3.05) is 5.32 Å². The number of halogens is 1. The van der Waals surface area contributed by atoms with Crippen molar-refractivity contribution in [1.82, 2.24) is 20.0 Å². The van der Waals surface area contributed by atoms with Crippen molar-refractivity contribution in [3.05, 3.63) is 63.9 Å². The maximum Gasteiger partial charge on any atom is 0.226 e. The summed E-state index contributed by atoms with van der Waals surface area (Å²) in [5, 5.41) is 15.8. The standard InChI is InChI=1S/C18H16ClN5O/c1-10-5-3-4-6-12(10)13-9-16(25)20-18-17(13)11(2)23-24(18)15-8-7-14(19)21-22-15/h3-8,13H,9H2,1-2H3,(H,20,25). The van der Waals surface area contributed by atoms with Crippen LogP contribution in [0.1, 0.15) is 34.7 Å². The third kappa shape index (κ3) is 2.68. The van der Waals surface area contributed by atoms with Gasteiger partial charge >= 0.3 is 0 Å². The number of rotatable bonds is 2. The first-order valence-electron chi connectivity index (χ1n) is 7.99. The average molecular weight is 354 g/mol. The number of hydrogen-bond acceptors (Lipinski definition) is 4. The van der Waals surface area contributed by atoms with E-state index in [2.05, 4.69) is 39.7 Å². The van der Waals surface area contributed by atoms with Gasteiger partial charge in [-0.2, -0.15) is 9.78 Å². The van der Waals surface area contributed by atoms with Gasteiger partial charge in [-0.15, -0.1) is 10.2 Å². The number of fused-ring (bicyclic) bond motifs is 1. The molecular formula is C18H16ClN5O. The molecule has 0 radical (unpaired) electrons. The molecule has 0 fully saturated rings. The molecule has 1 N–H and O–H groups in total. The second-order valence-electron chi connectivity index (χ2n) is 6.14. The molecule has 126 valence electrons. The van der Waals surface area contributed by atoms with Crippen LogP contribution in [0, 0.1) is 13.8 Å². The van der Waals surface area contributed by atoms with Crippen molar-refractivity contribution in [1.29, 1.82) is 0 Å². The van der Waals surface area contributed by atoms with Crippen molar-refractivity contribution >= 4 is 23.3 Å². The van der Waals surface area contributed by atoms with Gasteiger partial charge in [0.05, 0.1) is 5.69 Å². The van der Waals surface area contributed by atoms with Crippen LogP contribution < -0.4 is 5.32 Å². The third-order valence-corrected chi connectivity index (χ3v) is 4.70. The van der Waals surface area contributed by atoms with Crippen LogP contribution in [-0.2, 0) is 4.79 Å². The number of aromatic nitrogens is 4. The van der Waals surface area contributed by atoms with Crippen LogP contribution in [0.25, 0.3) is 5.82 Å². The fourth-order valence-electron chi connectivity index (χ4n) is 3.38. The molecule has 7 heteroatoms. The first kappa shape index (κ1) is 15.8. The lowest BCUT2D eigenvalue weighted by molar-refractivity contribution is -0.116. The molecule has 1 unspecified atom stereocenters. The lowest BCUT2D eigenvalue weighted by Crippen LogP contribution is -2.25. The molecule has 1 aliphatic rings. The highest BCUT2D eigenvalue weighted by atomic mass is 35.5. The van der Waals surface area contributed by atoms with Gasteiger partial charge in [-0.05, 0) is 37.1 Å². The summed E-state index contributed by atoms with van der Waals surface area (Å²) >= 11 is 5.82. The molecular weight excluding hydrogens is 338 g/mol. The van der Waals surface area contributed by atoms with E-state index < -0.39 is 0 Å². The van der Waals surface area contributed by atoms with Crippen LogP contribution in [0.15, 0.2) is 36.4 Å². The van der Waals surface area contributed by atoms with Crippen LogP contribution in [0.5, 0.6) is 0 Å². The van der Waals surface area contributed by atoms with Gasteiger partial charge in [0.25, 0.3) is 0 Å². The zero-order chi connectivity index (χ0) is 17.6. The number of anilines is 1. The molecule has 2 aromatic heterocycles. The molecule has 6 nitrogen and oxygen atoms in total. The maximum atomic E-state index is 12.4. The summed E-state index contributed by atoms with van der Waals surface area (Å²) in [6, 6.07) is 11.5. The zero-order valence-corrected chi connectivity index (χ0v) is 14.6. The van der Waals surface area contributed by atoms with E-state index in [0.29, 0.717) is 23.2 Å². The zero-order valence-electron chi connectivity index (χ0n) is 13.8. The Morgan fingerprint density at radius 3 is 2.68 bits per heavy atom. The van der Waals surface area contributed by atoms with Gasteiger partial charge < -0.3 is 5.32 Å². The van der Waals surface area contributed by atoms with Gasteiger partial charge in [-0.25, -0.2) is 0 Å². The Kier molecular flexibility index (Phi) is 3.77. The fraction of sp³-hybridized carbons (Fsp3) is 0.222. The van der Waals surface area contributed by atoms with Gasteiger partial charge in [0.1, 0.15) is 5.82 Å². The number of benzene rings is 1. The maximum absolute atomic E-state index is 12.4. The number of aryl methyl sites for hydroxylation is 2. The van der Waals surface area contributed by atoms with Gasteiger partial charge in [0.2, 0.25) is 5.91 Å². The Morgan fingerprint density at radius 1 is 1.16 bits per heavy atom.